The fraction of sp³-hybridized carbons (Fsp3) is 0.318. The molecule has 0 bridgehead atoms. The van der Waals surface area contributed by atoms with Gasteiger partial charge in [-0.05, 0) is 67.1 Å². The first-order chi connectivity index (χ1) is 14.3. The van der Waals surface area contributed by atoms with Crippen LogP contribution in [0.1, 0.15) is 36.4 Å². The number of H-pyrrole nitrogens is 1. The zero-order chi connectivity index (χ0) is 19.6. The van der Waals surface area contributed by atoms with Crippen LogP contribution in [-0.2, 0) is 0 Å². The Labute approximate surface area is 168 Å². The molecule has 0 spiro atoms. The minimum Gasteiger partial charge on any atom is -0.340 e. The second-order valence-electron chi connectivity index (χ2n) is 7.62. The summed E-state index contributed by atoms with van der Waals surface area (Å²) in [6.45, 7) is 2.97. The Morgan fingerprint density at radius 2 is 1.86 bits per heavy atom. The van der Waals surface area contributed by atoms with Crippen LogP contribution in [0.3, 0.4) is 0 Å². The van der Waals surface area contributed by atoms with Crippen molar-refractivity contribution in [2.75, 3.05) is 25.0 Å². The van der Waals surface area contributed by atoms with Crippen molar-refractivity contribution in [1.82, 2.24) is 20.7 Å². The van der Waals surface area contributed by atoms with Gasteiger partial charge in [-0.3, -0.25) is 4.79 Å². The number of nitrogens with zero attached hydrogens (tertiary/aromatic N) is 2. The van der Waals surface area contributed by atoms with Crippen LogP contribution in [0.5, 0.6) is 0 Å². The summed E-state index contributed by atoms with van der Waals surface area (Å²) in [5, 5.41) is 12.5. The molecule has 4 N–H and O–H groups in total. The number of aromatic nitrogens is 2. The summed E-state index contributed by atoms with van der Waals surface area (Å²) in [5.41, 5.74) is 6.84. The molecule has 1 aromatic carbocycles. The molecule has 2 aliphatic heterocycles. The normalized spacial score (nSPS) is 17.2. The first-order valence-electron chi connectivity index (χ1n) is 10.2. The molecule has 2 aromatic heterocycles. The molecule has 0 saturated carbocycles. The molecule has 7 nitrogen and oxygen atoms in total. The molecule has 29 heavy (non-hydrogen) atoms. The van der Waals surface area contributed by atoms with Gasteiger partial charge in [0.1, 0.15) is 5.82 Å². The number of hydrogen-bond acceptors (Lipinski definition) is 6. The van der Waals surface area contributed by atoms with E-state index in [2.05, 4.69) is 50.4 Å². The summed E-state index contributed by atoms with van der Waals surface area (Å²) in [5.74, 6) is 1.17. The number of nitrogens with one attached hydrogen (secondary N) is 4. The van der Waals surface area contributed by atoms with E-state index in [1.54, 1.807) is 6.20 Å². The smallest absolute Gasteiger partial charge is 0.259 e. The summed E-state index contributed by atoms with van der Waals surface area (Å²) in [4.78, 5) is 20.0. The minimum absolute atomic E-state index is 0.151. The molecule has 5 rings (SSSR count). The second kappa shape index (κ2) is 7.67. The SMILES string of the molecule is O=c1[nH]ccc2cc(C3=NNCC3)nc(Nc3ccc(C4CCNCC4)cc3)c12. The van der Waals surface area contributed by atoms with Crippen LogP contribution in [0, 0.1) is 0 Å². The largest absolute Gasteiger partial charge is 0.340 e. The highest BCUT2D eigenvalue weighted by Crippen LogP contribution is 2.28. The molecule has 1 saturated heterocycles. The van der Waals surface area contributed by atoms with Crippen LogP contribution in [0.2, 0.25) is 0 Å². The van der Waals surface area contributed by atoms with Crippen LogP contribution in [0.15, 0.2) is 52.5 Å². The van der Waals surface area contributed by atoms with Crippen molar-refractivity contribution in [3.8, 4) is 0 Å². The van der Waals surface area contributed by atoms with Crippen LogP contribution in [-0.4, -0.2) is 35.3 Å². The van der Waals surface area contributed by atoms with E-state index in [0.29, 0.717) is 17.1 Å². The lowest BCUT2D eigenvalue weighted by atomic mass is 9.90. The number of hydrazone groups is 1. The average Bonchev–Trinajstić information content (AvgIpc) is 3.30. The van der Waals surface area contributed by atoms with Gasteiger partial charge < -0.3 is 21.0 Å². The number of pyridine rings is 2. The van der Waals surface area contributed by atoms with Gasteiger partial charge in [0.05, 0.1) is 16.8 Å². The Bertz CT molecular complexity index is 1110. The highest BCUT2D eigenvalue weighted by Gasteiger charge is 2.17. The lowest BCUT2D eigenvalue weighted by Crippen LogP contribution is -2.26. The summed E-state index contributed by atoms with van der Waals surface area (Å²) in [6, 6.07) is 12.3. The van der Waals surface area contributed by atoms with Crippen molar-refractivity contribution in [2.24, 2.45) is 5.10 Å². The fourth-order valence-electron chi connectivity index (χ4n) is 4.15. The molecular formula is C22H24N6O. The number of piperidine rings is 1. The maximum atomic E-state index is 12.5. The first kappa shape index (κ1) is 17.9. The maximum absolute atomic E-state index is 12.5. The van der Waals surface area contributed by atoms with Crippen molar-refractivity contribution >= 4 is 28.0 Å². The molecule has 0 aliphatic carbocycles. The number of anilines is 2. The van der Waals surface area contributed by atoms with Gasteiger partial charge in [-0.1, -0.05) is 12.1 Å². The van der Waals surface area contributed by atoms with Crippen LogP contribution in [0.25, 0.3) is 10.8 Å². The topological polar surface area (TPSA) is 94.2 Å². The van der Waals surface area contributed by atoms with E-state index in [-0.39, 0.29) is 5.56 Å². The summed E-state index contributed by atoms with van der Waals surface area (Å²) < 4.78 is 0. The van der Waals surface area contributed by atoms with Gasteiger partial charge in [0.2, 0.25) is 0 Å². The third-order valence-electron chi connectivity index (χ3n) is 5.72. The molecule has 0 amide bonds. The zero-order valence-corrected chi connectivity index (χ0v) is 16.2. The summed E-state index contributed by atoms with van der Waals surface area (Å²) in [7, 11) is 0. The molecule has 3 aromatic rings. The average molecular weight is 388 g/mol. The van der Waals surface area contributed by atoms with E-state index >= 15 is 0 Å². The molecule has 1 fully saturated rings. The molecule has 0 radical (unpaired) electrons. The number of aromatic amines is 1. The standard InChI is InChI=1S/C22H24N6O/c29-22-20-16(7-11-24-22)13-19(18-8-12-25-28-18)27-21(20)26-17-3-1-14(2-4-17)15-5-9-23-10-6-15/h1-4,7,11,13,15,23,25H,5-6,8-10,12H2,(H,24,29)(H,26,27). The van der Waals surface area contributed by atoms with Gasteiger partial charge in [0, 0.05) is 24.8 Å². The van der Waals surface area contributed by atoms with Crippen LogP contribution >= 0.6 is 0 Å². The van der Waals surface area contributed by atoms with Crippen molar-refractivity contribution in [3.63, 3.8) is 0 Å². The Morgan fingerprint density at radius 3 is 2.62 bits per heavy atom. The zero-order valence-electron chi connectivity index (χ0n) is 16.2. The fourth-order valence-corrected chi connectivity index (χ4v) is 4.15. The number of benzene rings is 1. The quantitative estimate of drug-likeness (QED) is 0.551. The molecule has 0 atom stereocenters. The highest BCUT2D eigenvalue weighted by atomic mass is 16.1. The Morgan fingerprint density at radius 1 is 1.03 bits per heavy atom. The van der Waals surface area contributed by atoms with Gasteiger partial charge in [0.15, 0.2) is 0 Å². The molecule has 4 heterocycles. The number of hydrogen-bond donors (Lipinski definition) is 4. The predicted molar refractivity (Wildman–Crippen MR) is 116 cm³/mol. The van der Waals surface area contributed by atoms with Gasteiger partial charge >= 0.3 is 0 Å². The monoisotopic (exact) mass is 388 g/mol. The molecule has 7 heteroatoms. The van der Waals surface area contributed by atoms with Gasteiger partial charge in [0.25, 0.3) is 5.56 Å². The third-order valence-corrected chi connectivity index (χ3v) is 5.72. The molecular weight excluding hydrogens is 364 g/mol. The molecule has 2 aliphatic rings. The lowest BCUT2D eigenvalue weighted by molar-refractivity contribution is 0.460. The van der Waals surface area contributed by atoms with Gasteiger partial charge in [-0.15, -0.1) is 0 Å². The minimum atomic E-state index is -0.151. The van der Waals surface area contributed by atoms with Crippen molar-refractivity contribution in [2.45, 2.75) is 25.2 Å². The Kier molecular flexibility index (Phi) is 4.73. The van der Waals surface area contributed by atoms with Crippen molar-refractivity contribution < 1.29 is 0 Å². The van der Waals surface area contributed by atoms with Gasteiger partial charge in [-0.25, -0.2) is 4.98 Å². The number of fused-ring (bicyclic) bond motifs is 1. The molecule has 148 valence electrons. The van der Waals surface area contributed by atoms with Crippen LogP contribution < -0.4 is 21.6 Å². The van der Waals surface area contributed by atoms with Crippen LogP contribution in [0.4, 0.5) is 11.5 Å². The highest BCUT2D eigenvalue weighted by molar-refractivity contribution is 6.04. The van der Waals surface area contributed by atoms with Crippen molar-refractivity contribution in [3.05, 3.63) is 64.2 Å². The van der Waals surface area contributed by atoms with Crippen molar-refractivity contribution in [1.29, 1.82) is 0 Å². The van der Waals surface area contributed by atoms with E-state index in [1.165, 1.54) is 18.4 Å². The second-order valence-corrected chi connectivity index (χ2v) is 7.62. The predicted octanol–water partition coefficient (Wildman–Crippen LogP) is 2.83. The van der Waals surface area contributed by atoms with E-state index in [4.69, 9.17) is 4.98 Å². The maximum Gasteiger partial charge on any atom is 0.259 e. The molecule has 0 unspecified atom stereocenters. The van der Waals surface area contributed by atoms with E-state index in [0.717, 1.165) is 48.5 Å². The Hall–Kier alpha value is -3.19. The Balaban J connectivity index is 1.49. The van der Waals surface area contributed by atoms with E-state index in [9.17, 15) is 4.79 Å². The summed E-state index contributed by atoms with van der Waals surface area (Å²) >= 11 is 0. The summed E-state index contributed by atoms with van der Waals surface area (Å²) in [6.07, 6.45) is 4.84. The van der Waals surface area contributed by atoms with E-state index < -0.39 is 0 Å². The number of rotatable bonds is 4. The lowest BCUT2D eigenvalue weighted by Gasteiger charge is -2.23. The first-order valence-corrected chi connectivity index (χ1v) is 10.2. The third kappa shape index (κ3) is 3.61. The van der Waals surface area contributed by atoms with Gasteiger partial charge in [-0.2, -0.15) is 5.10 Å². The van der Waals surface area contributed by atoms with E-state index in [1.807, 2.05) is 12.1 Å².